The van der Waals surface area contributed by atoms with Crippen LogP contribution in [0.4, 0.5) is 0 Å². The summed E-state index contributed by atoms with van der Waals surface area (Å²) in [6, 6.07) is 20.5. The molecule has 1 aliphatic rings. The van der Waals surface area contributed by atoms with Crippen molar-refractivity contribution in [3.8, 4) is 16.4 Å². The van der Waals surface area contributed by atoms with Crippen molar-refractivity contribution >= 4 is 29.0 Å². The molecule has 0 atom stereocenters. The first kappa shape index (κ1) is 23.8. The zero-order valence-electron chi connectivity index (χ0n) is 20.1. The largest absolute Gasteiger partial charge is 0.336 e. The number of thioether (sulfide) groups is 1. The van der Waals surface area contributed by atoms with Crippen LogP contribution >= 0.6 is 23.1 Å². The number of thiophene rings is 1. The number of benzene rings is 2. The lowest BCUT2D eigenvalue weighted by Crippen LogP contribution is -2.48. The Morgan fingerprint density at radius 3 is 2.46 bits per heavy atom. The first-order chi connectivity index (χ1) is 17.1. The molecule has 1 fully saturated rings. The Hall–Kier alpha value is -2.94. The lowest BCUT2D eigenvalue weighted by molar-refractivity contribution is 0.0642. The summed E-state index contributed by atoms with van der Waals surface area (Å²) in [5, 5.41) is 12.0. The SMILES string of the molecule is CCN1CCN(C(=O)c2ccccc2CSc2nnc(-c3cccs3)n2-c2ccc(C)cc2)CC1. The van der Waals surface area contributed by atoms with Crippen molar-refractivity contribution in [3.05, 3.63) is 82.7 Å². The van der Waals surface area contributed by atoms with E-state index in [2.05, 4.69) is 75.3 Å². The van der Waals surface area contributed by atoms with Gasteiger partial charge >= 0.3 is 0 Å². The second kappa shape index (κ2) is 10.8. The molecule has 5 rings (SSSR count). The molecule has 0 radical (unpaired) electrons. The van der Waals surface area contributed by atoms with E-state index in [1.807, 2.05) is 29.2 Å². The van der Waals surface area contributed by atoms with Gasteiger partial charge in [-0.25, -0.2) is 0 Å². The van der Waals surface area contributed by atoms with Gasteiger partial charge in [0.1, 0.15) is 0 Å². The molecule has 0 saturated carbocycles. The normalized spacial score (nSPS) is 14.4. The molecule has 2 aromatic heterocycles. The van der Waals surface area contributed by atoms with E-state index < -0.39 is 0 Å². The molecule has 2 aromatic carbocycles. The molecule has 0 N–H and O–H groups in total. The maximum absolute atomic E-state index is 13.4. The average Bonchev–Trinajstić information content (AvgIpc) is 3.58. The van der Waals surface area contributed by atoms with Gasteiger partial charge in [-0.1, -0.05) is 60.6 Å². The van der Waals surface area contributed by atoms with E-state index in [0.717, 1.165) is 65.4 Å². The van der Waals surface area contributed by atoms with E-state index >= 15 is 0 Å². The number of hydrogen-bond donors (Lipinski definition) is 0. The van der Waals surface area contributed by atoms with E-state index in [4.69, 9.17) is 0 Å². The lowest BCUT2D eigenvalue weighted by Gasteiger charge is -2.34. The molecule has 0 aliphatic carbocycles. The fourth-order valence-electron chi connectivity index (χ4n) is 4.29. The molecule has 0 spiro atoms. The van der Waals surface area contributed by atoms with Gasteiger partial charge in [-0.3, -0.25) is 9.36 Å². The van der Waals surface area contributed by atoms with E-state index in [0.29, 0.717) is 5.75 Å². The summed E-state index contributed by atoms with van der Waals surface area (Å²) in [7, 11) is 0. The lowest BCUT2D eigenvalue weighted by atomic mass is 10.1. The third-order valence-corrected chi connectivity index (χ3v) is 8.22. The summed E-state index contributed by atoms with van der Waals surface area (Å²) in [4.78, 5) is 18.8. The van der Waals surface area contributed by atoms with Crippen LogP contribution in [0.3, 0.4) is 0 Å². The summed E-state index contributed by atoms with van der Waals surface area (Å²) >= 11 is 3.27. The van der Waals surface area contributed by atoms with E-state index in [1.165, 1.54) is 5.56 Å². The predicted octanol–water partition coefficient (Wildman–Crippen LogP) is 5.37. The number of nitrogens with zero attached hydrogens (tertiary/aromatic N) is 5. The smallest absolute Gasteiger partial charge is 0.254 e. The Bertz CT molecular complexity index is 1280. The van der Waals surface area contributed by atoms with Crippen LogP contribution in [-0.2, 0) is 5.75 Å². The van der Waals surface area contributed by atoms with Crippen LogP contribution in [0.5, 0.6) is 0 Å². The quantitative estimate of drug-likeness (QED) is 0.317. The molecule has 8 heteroatoms. The third kappa shape index (κ3) is 5.19. The second-order valence-electron chi connectivity index (χ2n) is 8.63. The molecule has 35 heavy (non-hydrogen) atoms. The molecule has 0 bridgehead atoms. The Morgan fingerprint density at radius 2 is 1.74 bits per heavy atom. The van der Waals surface area contributed by atoms with Crippen LogP contribution in [0.2, 0.25) is 0 Å². The van der Waals surface area contributed by atoms with Gasteiger partial charge in [-0.05, 0) is 48.7 Å². The van der Waals surface area contributed by atoms with Crippen LogP contribution in [0.15, 0.2) is 71.2 Å². The van der Waals surface area contributed by atoms with Gasteiger partial charge in [0.05, 0.1) is 4.88 Å². The molecular formula is C27H29N5OS2. The van der Waals surface area contributed by atoms with Crippen LogP contribution in [-0.4, -0.2) is 63.2 Å². The topological polar surface area (TPSA) is 54.3 Å². The fraction of sp³-hybridized carbons (Fsp3) is 0.296. The van der Waals surface area contributed by atoms with Gasteiger partial charge in [-0.15, -0.1) is 21.5 Å². The standard InChI is InChI=1S/C27H29N5OS2/c1-3-30-14-16-31(17-15-30)26(33)23-8-5-4-7-21(23)19-35-27-29-28-25(24-9-6-18-34-24)32(27)22-12-10-20(2)11-13-22/h4-13,18H,3,14-17,19H2,1-2H3. The number of hydrogen-bond acceptors (Lipinski definition) is 6. The molecule has 6 nitrogen and oxygen atoms in total. The maximum Gasteiger partial charge on any atom is 0.254 e. The summed E-state index contributed by atoms with van der Waals surface area (Å²) in [5.41, 5.74) is 4.05. The molecule has 3 heterocycles. The minimum atomic E-state index is 0.122. The van der Waals surface area contributed by atoms with Gasteiger partial charge in [0, 0.05) is 43.2 Å². The zero-order chi connectivity index (χ0) is 24.2. The minimum Gasteiger partial charge on any atom is -0.336 e. The van der Waals surface area contributed by atoms with Crippen molar-refractivity contribution in [1.82, 2.24) is 24.6 Å². The number of aromatic nitrogens is 3. The summed E-state index contributed by atoms with van der Waals surface area (Å²) in [6.45, 7) is 8.71. The molecular weight excluding hydrogens is 474 g/mol. The number of piperazine rings is 1. The molecule has 0 unspecified atom stereocenters. The molecule has 1 amide bonds. The minimum absolute atomic E-state index is 0.122. The Balaban J connectivity index is 1.40. The molecule has 1 saturated heterocycles. The number of amides is 1. The van der Waals surface area contributed by atoms with Crippen LogP contribution in [0, 0.1) is 6.92 Å². The van der Waals surface area contributed by atoms with Crippen molar-refractivity contribution < 1.29 is 4.79 Å². The van der Waals surface area contributed by atoms with Gasteiger partial charge < -0.3 is 9.80 Å². The first-order valence-electron chi connectivity index (χ1n) is 11.9. The Labute approximate surface area is 214 Å². The second-order valence-corrected chi connectivity index (χ2v) is 10.5. The van der Waals surface area contributed by atoms with E-state index in [-0.39, 0.29) is 5.91 Å². The van der Waals surface area contributed by atoms with Crippen LogP contribution < -0.4 is 0 Å². The molecule has 1 aliphatic heterocycles. The summed E-state index contributed by atoms with van der Waals surface area (Å²) in [6.07, 6.45) is 0. The molecule has 4 aromatic rings. The predicted molar refractivity (Wildman–Crippen MR) is 143 cm³/mol. The fourth-order valence-corrected chi connectivity index (χ4v) is 5.94. The molecule has 180 valence electrons. The number of likely N-dealkylation sites (N-methyl/N-ethyl adjacent to an activating group) is 1. The van der Waals surface area contributed by atoms with E-state index in [9.17, 15) is 4.79 Å². The monoisotopic (exact) mass is 503 g/mol. The zero-order valence-corrected chi connectivity index (χ0v) is 21.7. The van der Waals surface area contributed by atoms with Crippen LogP contribution in [0.1, 0.15) is 28.4 Å². The highest BCUT2D eigenvalue weighted by atomic mass is 32.2. The number of carbonyl (C=O) groups is 1. The Kier molecular flexibility index (Phi) is 7.32. The highest BCUT2D eigenvalue weighted by molar-refractivity contribution is 7.98. The summed E-state index contributed by atoms with van der Waals surface area (Å²) in [5.74, 6) is 1.60. The van der Waals surface area contributed by atoms with Gasteiger partial charge in [-0.2, -0.15) is 0 Å². The summed E-state index contributed by atoms with van der Waals surface area (Å²) < 4.78 is 2.12. The maximum atomic E-state index is 13.4. The van der Waals surface area contributed by atoms with Crippen LogP contribution in [0.25, 0.3) is 16.4 Å². The number of aryl methyl sites for hydroxylation is 1. The van der Waals surface area contributed by atoms with Crippen molar-refractivity contribution in [2.45, 2.75) is 24.8 Å². The number of carbonyl (C=O) groups excluding carboxylic acids is 1. The van der Waals surface area contributed by atoms with Gasteiger partial charge in [0.15, 0.2) is 11.0 Å². The van der Waals surface area contributed by atoms with Crippen molar-refractivity contribution in [1.29, 1.82) is 0 Å². The highest BCUT2D eigenvalue weighted by Gasteiger charge is 2.24. The number of rotatable bonds is 7. The highest BCUT2D eigenvalue weighted by Crippen LogP contribution is 2.32. The van der Waals surface area contributed by atoms with Gasteiger partial charge in [0.2, 0.25) is 0 Å². The van der Waals surface area contributed by atoms with Crippen molar-refractivity contribution in [2.75, 3.05) is 32.7 Å². The van der Waals surface area contributed by atoms with Crippen molar-refractivity contribution in [3.63, 3.8) is 0 Å². The Morgan fingerprint density at radius 1 is 0.971 bits per heavy atom. The third-order valence-electron chi connectivity index (χ3n) is 6.38. The van der Waals surface area contributed by atoms with E-state index in [1.54, 1.807) is 23.1 Å². The first-order valence-corrected chi connectivity index (χ1v) is 13.8. The average molecular weight is 504 g/mol. The van der Waals surface area contributed by atoms with Gasteiger partial charge in [0.25, 0.3) is 5.91 Å². The van der Waals surface area contributed by atoms with Crippen molar-refractivity contribution in [2.24, 2.45) is 0 Å².